The summed E-state index contributed by atoms with van der Waals surface area (Å²) in [5.41, 5.74) is 3.82. The van der Waals surface area contributed by atoms with Crippen molar-refractivity contribution in [1.82, 2.24) is 15.1 Å². The molecule has 5 heteroatoms. The summed E-state index contributed by atoms with van der Waals surface area (Å²) >= 11 is 0. The smallest absolute Gasteiger partial charge is 0.269 e. The highest BCUT2D eigenvalue weighted by Crippen LogP contribution is 2.13. The number of benzene rings is 1. The number of nitrogens with one attached hydrogen (secondary N) is 1. The standard InChI is InChI=1S/C17H24N4O/c1-12(10-14-6-8-15(9-7-14)20(3)4)18-17(22)16-11-13(2)19-21(16)5/h6-9,11-12H,10H2,1-5H3,(H,18,22)/t12-/m1/s1. The van der Waals surface area contributed by atoms with Crippen LogP contribution in [0.5, 0.6) is 0 Å². The Morgan fingerprint density at radius 3 is 2.45 bits per heavy atom. The largest absolute Gasteiger partial charge is 0.378 e. The second-order valence-electron chi connectivity index (χ2n) is 5.93. The van der Waals surface area contributed by atoms with Crippen molar-refractivity contribution >= 4 is 11.6 Å². The maximum absolute atomic E-state index is 12.2. The molecule has 2 rings (SSSR count). The molecule has 0 saturated carbocycles. The van der Waals surface area contributed by atoms with Crippen LogP contribution in [-0.4, -0.2) is 35.8 Å². The molecule has 2 aromatic rings. The van der Waals surface area contributed by atoms with Crippen molar-refractivity contribution in [1.29, 1.82) is 0 Å². The Labute approximate surface area is 131 Å². The summed E-state index contributed by atoms with van der Waals surface area (Å²) < 4.78 is 1.61. The minimum Gasteiger partial charge on any atom is -0.378 e. The lowest BCUT2D eigenvalue weighted by atomic mass is 10.1. The van der Waals surface area contributed by atoms with E-state index in [1.54, 1.807) is 17.8 Å². The zero-order valence-corrected chi connectivity index (χ0v) is 13.9. The maximum Gasteiger partial charge on any atom is 0.269 e. The Morgan fingerprint density at radius 1 is 1.32 bits per heavy atom. The first-order valence-corrected chi connectivity index (χ1v) is 7.44. The second-order valence-corrected chi connectivity index (χ2v) is 5.93. The predicted octanol–water partition coefficient (Wildman–Crippen LogP) is 2.16. The van der Waals surface area contributed by atoms with E-state index in [1.165, 1.54) is 11.3 Å². The number of hydrogen-bond acceptors (Lipinski definition) is 3. The number of aryl methyl sites for hydroxylation is 2. The van der Waals surface area contributed by atoms with Crippen LogP contribution in [0.3, 0.4) is 0 Å². The zero-order chi connectivity index (χ0) is 16.3. The van der Waals surface area contributed by atoms with Crippen molar-refractivity contribution < 1.29 is 4.79 Å². The van der Waals surface area contributed by atoms with Gasteiger partial charge in [0.05, 0.1) is 5.69 Å². The van der Waals surface area contributed by atoms with Crippen molar-refractivity contribution in [2.45, 2.75) is 26.3 Å². The van der Waals surface area contributed by atoms with Crippen LogP contribution >= 0.6 is 0 Å². The lowest BCUT2D eigenvalue weighted by molar-refractivity contribution is 0.0930. The summed E-state index contributed by atoms with van der Waals surface area (Å²) in [4.78, 5) is 14.3. The van der Waals surface area contributed by atoms with Crippen molar-refractivity contribution in [2.75, 3.05) is 19.0 Å². The summed E-state index contributed by atoms with van der Waals surface area (Å²) in [5, 5.41) is 7.23. The van der Waals surface area contributed by atoms with Gasteiger partial charge in [-0.25, -0.2) is 0 Å². The third kappa shape index (κ3) is 3.87. The van der Waals surface area contributed by atoms with E-state index < -0.39 is 0 Å². The monoisotopic (exact) mass is 300 g/mol. The molecule has 0 radical (unpaired) electrons. The van der Waals surface area contributed by atoms with Gasteiger partial charge in [0.25, 0.3) is 5.91 Å². The van der Waals surface area contributed by atoms with E-state index in [-0.39, 0.29) is 11.9 Å². The van der Waals surface area contributed by atoms with Gasteiger partial charge in [-0.2, -0.15) is 5.10 Å². The van der Waals surface area contributed by atoms with E-state index in [0.717, 1.165) is 12.1 Å². The molecule has 5 nitrogen and oxygen atoms in total. The van der Waals surface area contributed by atoms with Crippen LogP contribution in [0.4, 0.5) is 5.69 Å². The van der Waals surface area contributed by atoms with Gasteiger partial charge in [-0.05, 0) is 44.0 Å². The molecule has 1 aromatic carbocycles. The summed E-state index contributed by atoms with van der Waals surface area (Å²) in [5.74, 6) is -0.0829. The molecule has 1 N–H and O–H groups in total. The van der Waals surface area contributed by atoms with E-state index in [4.69, 9.17) is 0 Å². The van der Waals surface area contributed by atoms with Crippen LogP contribution in [-0.2, 0) is 13.5 Å². The number of carbonyl (C=O) groups excluding carboxylic acids is 1. The number of carbonyl (C=O) groups is 1. The van der Waals surface area contributed by atoms with E-state index >= 15 is 0 Å². The van der Waals surface area contributed by atoms with Gasteiger partial charge in [-0.1, -0.05) is 12.1 Å². The molecule has 118 valence electrons. The van der Waals surface area contributed by atoms with Crippen LogP contribution in [0.25, 0.3) is 0 Å². The topological polar surface area (TPSA) is 50.2 Å². The third-order valence-electron chi connectivity index (χ3n) is 3.61. The quantitative estimate of drug-likeness (QED) is 0.920. The molecule has 0 unspecified atom stereocenters. The van der Waals surface area contributed by atoms with Crippen LogP contribution in [0, 0.1) is 6.92 Å². The Kier molecular flexibility index (Phi) is 4.85. The van der Waals surface area contributed by atoms with E-state index in [9.17, 15) is 4.79 Å². The van der Waals surface area contributed by atoms with Crippen molar-refractivity contribution in [3.8, 4) is 0 Å². The third-order valence-corrected chi connectivity index (χ3v) is 3.61. The number of nitrogens with zero attached hydrogens (tertiary/aromatic N) is 3. The SMILES string of the molecule is Cc1cc(C(=O)N[C@H](C)Cc2ccc(N(C)C)cc2)n(C)n1. The summed E-state index contributed by atoms with van der Waals surface area (Å²) in [6.45, 7) is 3.90. The minimum absolute atomic E-state index is 0.0629. The second kappa shape index (κ2) is 6.64. The van der Waals surface area contributed by atoms with Crippen LogP contribution in [0.2, 0.25) is 0 Å². The van der Waals surface area contributed by atoms with Gasteiger partial charge >= 0.3 is 0 Å². The minimum atomic E-state index is -0.0829. The predicted molar refractivity (Wildman–Crippen MR) is 89.3 cm³/mol. The summed E-state index contributed by atoms with van der Waals surface area (Å²) in [6, 6.07) is 10.3. The molecule has 1 heterocycles. The molecule has 0 bridgehead atoms. The van der Waals surface area contributed by atoms with Gasteiger partial charge in [0.15, 0.2) is 0 Å². The Morgan fingerprint density at radius 2 is 1.95 bits per heavy atom. The Hall–Kier alpha value is -2.30. The first-order chi connectivity index (χ1) is 10.4. The molecule has 0 aliphatic carbocycles. The van der Waals surface area contributed by atoms with Gasteiger partial charge in [-0.15, -0.1) is 0 Å². The molecule has 0 aliphatic rings. The first-order valence-electron chi connectivity index (χ1n) is 7.44. The van der Waals surface area contributed by atoms with Crippen LogP contribution in [0.15, 0.2) is 30.3 Å². The maximum atomic E-state index is 12.2. The number of rotatable bonds is 5. The van der Waals surface area contributed by atoms with E-state index in [0.29, 0.717) is 5.69 Å². The van der Waals surface area contributed by atoms with Gasteiger partial charge in [0.1, 0.15) is 5.69 Å². The lowest BCUT2D eigenvalue weighted by Crippen LogP contribution is -2.35. The fourth-order valence-electron chi connectivity index (χ4n) is 2.46. The molecule has 0 saturated heterocycles. The van der Waals surface area contributed by atoms with E-state index in [1.807, 2.05) is 27.9 Å². The molecule has 0 aliphatic heterocycles. The number of hydrogen-bond donors (Lipinski definition) is 1. The normalized spacial score (nSPS) is 12.0. The summed E-state index contributed by atoms with van der Waals surface area (Å²) in [7, 11) is 5.83. The average Bonchev–Trinajstić information content (AvgIpc) is 2.78. The average molecular weight is 300 g/mol. The molecule has 0 fully saturated rings. The highest BCUT2D eigenvalue weighted by Gasteiger charge is 2.14. The van der Waals surface area contributed by atoms with Gasteiger partial charge in [0, 0.05) is 32.9 Å². The zero-order valence-electron chi connectivity index (χ0n) is 13.9. The van der Waals surface area contributed by atoms with Gasteiger partial charge in [-0.3, -0.25) is 9.48 Å². The summed E-state index contributed by atoms with van der Waals surface area (Å²) in [6.07, 6.45) is 0.802. The van der Waals surface area contributed by atoms with Crippen molar-refractivity contribution in [2.24, 2.45) is 7.05 Å². The number of aromatic nitrogens is 2. The van der Waals surface area contributed by atoms with Gasteiger partial charge in [0.2, 0.25) is 0 Å². The molecular formula is C17H24N4O. The molecular weight excluding hydrogens is 276 g/mol. The number of amides is 1. The van der Waals surface area contributed by atoms with Crippen molar-refractivity contribution in [3.05, 3.63) is 47.3 Å². The van der Waals surface area contributed by atoms with Crippen LogP contribution in [0.1, 0.15) is 28.7 Å². The molecule has 1 aromatic heterocycles. The fourth-order valence-corrected chi connectivity index (χ4v) is 2.46. The highest BCUT2D eigenvalue weighted by atomic mass is 16.2. The van der Waals surface area contributed by atoms with Gasteiger partial charge < -0.3 is 10.2 Å². The van der Waals surface area contributed by atoms with E-state index in [2.05, 4.69) is 39.6 Å². The molecule has 1 amide bonds. The molecule has 22 heavy (non-hydrogen) atoms. The van der Waals surface area contributed by atoms with Crippen molar-refractivity contribution in [3.63, 3.8) is 0 Å². The Bertz CT molecular complexity index is 643. The number of anilines is 1. The Balaban J connectivity index is 1.96. The van der Waals surface area contributed by atoms with Crippen LogP contribution < -0.4 is 10.2 Å². The lowest BCUT2D eigenvalue weighted by Gasteiger charge is -2.16. The highest BCUT2D eigenvalue weighted by molar-refractivity contribution is 5.92. The molecule has 0 spiro atoms. The fraction of sp³-hybridized carbons (Fsp3) is 0.412. The molecule has 1 atom stereocenters. The first kappa shape index (κ1) is 16.1.